The normalized spacial score (nSPS) is 9.39. The second-order valence-electron chi connectivity index (χ2n) is 5.95. The van der Waals surface area contributed by atoms with Crippen LogP contribution in [-0.4, -0.2) is 36.7 Å². The quantitative estimate of drug-likeness (QED) is 0.496. The Hall–Kier alpha value is -2.79. The second-order valence-corrected chi connectivity index (χ2v) is 5.95. The first kappa shape index (κ1) is 32.9. The molecule has 5 nitrogen and oxygen atoms in total. The van der Waals surface area contributed by atoms with Crippen LogP contribution in [0.15, 0.2) is 48.5 Å². The van der Waals surface area contributed by atoms with Gasteiger partial charge in [-0.2, -0.15) is 0 Å². The molecule has 1 unspecified atom stereocenters. The van der Waals surface area contributed by atoms with E-state index in [-0.39, 0.29) is 17.5 Å². The van der Waals surface area contributed by atoms with Gasteiger partial charge in [-0.3, -0.25) is 14.4 Å². The van der Waals surface area contributed by atoms with Crippen molar-refractivity contribution in [3.63, 3.8) is 0 Å². The molecule has 0 heterocycles. The number of carbonyl (C=O) groups is 3. The van der Waals surface area contributed by atoms with E-state index in [1.807, 2.05) is 58.0 Å². The van der Waals surface area contributed by atoms with Gasteiger partial charge in [-0.1, -0.05) is 81.8 Å². The molecule has 1 atom stereocenters. The summed E-state index contributed by atoms with van der Waals surface area (Å²) in [5.41, 5.74) is 4.34. The number of amides is 1. The number of nitrogens with one attached hydrogen (secondary N) is 1. The molecule has 0 fully saturated rings. The molecule has 31 heavy (non-hydrogen) atoms. The zero-order valence-electron chi connectivity index (χ0n) is 20.9. The molecule has 0 radical (unpaired) electrons. The number of aryl methyl sites for hydroxylation is 1. The summed E-state index contributed by atoms with van der Waals surface area (Å²) in [5.74, 6) is -0.720. The zero-order chi connectivity index (χ0) is 25.0. The van der Waals surface area contributed by atoms with Gasteiger partial charge in [0.05, 0.1) is 5.92 Å². The standard InChI is InChI=1S/C15H14O.C6H11NO2.2C2H6.CH4O/c1-11-4-3-5-15(10-11)14-8-6-13(7-9-14)12(2)16;1-4(5(2)8)6(9)7-3;3*1-2/h3-10H,1-2H3;4H,1-3H3,(H,7,9);2*1-2H3;2H,1H3. The monoisotopic (exact) mass is 431 g/mol. The molecule has 0 saturated heterocycles. The highest BCUT2D eigenvalue weighted by Crippen LogP contribution is 2.20. The molecule has 174 valence electrons. The minimum atomic E-state index is -0.505. The summed E-state index contributed by atoms with van der Waals surface area (Å²) in [6.45, 7) is 14.6. The number of rotatable bonds is 4. The Labute approximate surface area is 188 Å². The van der Waals surface area contributed by atoms with Gasteiger partial charge in [-0.15, -0.1) is 0 Å². The maximum Gasteiger partial charge on any atom is 0.230 e. The van der Waals surface area contributed by atoms with E-state index >= 15 is 0 Å². The van der Waals surface area contributed by atoms with E-state index in [9.17, 15) is 14.4 Å². The fourth-order valence-corrected chi connectivity index (χ4v) is 2.12. The van der Waals surface area contributed by atoms with E-state index in [1.54, 1.807) is 13.8 Å². The third-order valence-corrected chi connectivity index (χ3v) is 3.89. The number of benzene rings is 2. The molecule has 2 N–H and O–H groups in total. The second kappa shape index (κ2) is 20.5. The van der Waals surface area contributed by atoms with Crippen molar-refractivity contribution in [2.45, 2.75) is 55.4 Å². The van der Waals surface area contributed by atoms with Gasteiger partial charge >= 0.3 is 0 Å². The molecule has 0 aliphatic rings. The number of carbonyl (C=O) groups excluding carboxylic acids is 3. The van der Waals surface area contributed by atoms with Crippen molar-refractivity contribution < 1.29 is 19.5 Å². The van der Waals surface area contributed by atoms with Crippen molar-refractivity contribution >= 4 is 17.5 Å². The van der Waals surface area contributed by atoms with Gasteiger partial charge in [-0.25, -0.2) is 0 Å². The third kappa shape index (κ3) is 13.9. The van der Waals surface area contributed by atoms with E-state index in [4.69, 9.17) is 5.11 Å². The highest BCUT2D eigenvalue weighted by Gasteiger charge is 2.14. The molecule has 5 heteroatoms. The predicted molar refractivity (Wildman–Crippen MR) is 131 cm³/mol. The summed E-state index contributed by atoms with van der Waals surface area (Å²) in [6, 6.07) is 16.1. The maximum atomic E-state index is 11.1. The first-order valence-corrected chi connectivity index (χ1v) is 10.6. The molecular formula is C26H41NO4. The van der Waals surface area contributed by atoms with Crippen molar-refractivity contribution in [1.29, 1.82) is 0 Å². The van der Waals surface area contributed by atoms with Gasteiger partial charge in [-0.05, 0) is 38.8 Å². The number of Topliss-reactive ketones (excluding diaryl/α,β-unsaturated/α-hetero) is 2. The fraction of sp³-hybridized carbons (Fsp3) is 0.423. The molecule has 0 aliphatic heterocycles. The van der Waals surface area contributed by atoms with E-state index in [1.165, 1.54) is 25.1 Å². The summed E-state index contributed by atoms with van der Waals surface area (Å²) in [7, 11) is 2.52. The molecule has 2 aromatic carbocycles. The van der Waals surface area contributed by atoms with Gasteiger partial charge in [0.25, 0.3) is 0 Å². The summed E-state index contributed by atoms with van der Waals surface area (Å²) in [6.07, 6.45) is 0. The van der Waals surface area contributed by atoms with Gasteiger partial charge in [0.1, 0.15) is 5.78 Å². The number of hydrogen-bond acceptors (Lipinski definition) is 4. The van der Waals surface area contributed by atoms with Crippen molar-refractivity contribution in [2.75, 3.05) is 14.2 Å². The van der Waals surface area contributed by atoms with Crippen LogP contribution in [0.5, 0.6) is 0 Å². The molecule has 2 aromatic rings. The Kier molecular flexibility index (Phi) is 21.7. The van der Waals surface area contributed by atoms with Crippen LogP contribution in [0.25, 0.3) is 11.1 Å². The molecule has 0 aromatic heterocycles. The molecule has 0 aliphatic carbocycles. The van der Waals surface area contributed by atoms with Crippen molar-refractivity contribution in [1.82, 2.24) is 5.32 Å². The Morgan fingerprint density at radius 3 is 1.65 bits per heavy atom. The van der Waals surface area contributed by atoms with Gasteiger partial charge in [0.15, 0.2) is 5.78 Å². The Balaban J connectivity index is -0.000000448. The van der Waals surface area contributed by atoms with E-state index in [2.05, 4.69) is 30.4 Å². The molecule has 2 rings (SSSR count). The van der Waals surface area contributed by atoms with Crippen LogP contribution in [0, 0.1) is 12.8 Å². The topological polar surface area (TPSA) is 83.5 Å². The first-order valence-electron chi connectivity index (χ1n) is 10.6. The average Bonchev–Trinajstić information content (AvgIpc) is 2.82. The Morgan fingerprint density at radius 1 is 0.839 bits per heavy atom. The summed E-state index contributed by atoms with van der Waals surface area (Å²) >= 11 is 0. The average molecular weight is 432 g/mol. The lowest BCUT2D eigenvalue weighted by molar-refractivity contribution is -0.131. The smallest absolute Gasteiger partial charge is 0.230 e. The summed E-state index contributed by atoms with van der Waals surface area (Å²) in [5, 5.41) is 9.39. The number of hydrogen-bond donors (Lipinski definition) is 2. The minimum Gasteiger partial charge on any atom is -0.400 e. The zero-order valence-corrected chi connectivity index (χ0v) is 20.9. The van der Waals surface area contributed by atoms with Crippen molar-refractivity contribution in [2.24, 2.45) is 5.92 Å². The lowest BCUT2D eigenvalue weighted by Gasteiger charge is -2.03. The van der Waals surface area contributed by atoms with E-state index < -0.39 is 5.92 Å². The van der Waals surface area contributed by atoms with Gasteiger partial charge in [0.2, 0.25) is 5.91 Å². The molecular weight excluding hydrogens is 390 g/mol. The number of aliphatic hydroxyl groups is 1. The lowest BCUT2D eigenvalue weighted by Crippen LogP contribution is -2.29. The maximum absolute atomic E-state index is 11.1. The first-order chi connectivity index (χ1) is 14.8. The Bertz CT molecular complexity index is 752. The fourth-order valence-electron chi connectivity index (χ4n) is 2.12. The minimum absolute atomic E-state index is 0.102. The lowest BCUT2D eigenvalue weighted by atomic mass is 10.0. The van der Waals surface area contributed by atoms with Gasteiger partial charge in [0, 0.05) is 19.7 Å². The molecule has 0 bridgehead atoms. The number of ketones is 2. The van der Waals surface area contributed by atoms with E-state index in [0.717, 1.165) is 18.2 Å². The number of aliphatic hydroxyl groups excluding tert-OH is 1. The highest BCUT2D eigenvalue weighted by atomic mass is 16.2. The van der Waals surface area contributed by atoms with Crippen LogP contribution in [0.3, 0.4) is 0 Å². The SMILES string of the molecule is CC.CC.CC(=O)c1ccc(-c2cccc(C)c2)cc1.CNC(=O)C(C)C(C)=O.CO. The Morgan fingerprint density at radius 2 is 1.32 bits per heavy atom. The van der Waals surface area contributed by atoms with Crippen molar-refractivity contribution in [3.8, 4) is 11.1 Å². The van der Waals surface area contributed by atoms with E-state index in [0.29, 0.717) is 0 Å². The highest BCUT2D eigenvalue weighted by molar-refractivity contribution is 5.99. The van der Waals surface area contributed by atoms with Crippen LogP contribution < -0.4 is 5.32 Å². The van der Waals surface area contributed by atoms with Gasteiger partial charge < -0.3 is 10.4 Å². The summed E-state index contributed by atoms with van der Waals surface area (Å²) < 4.78 is 0. The van der Waals surface area contributed by atoms with Crippen LogP contribution >= 0.6 is 0 Å². The van der Waals surface area contributed by atoms with Crippen LogP contribution in [0.4, 0.5) is 0 Å². The third-order valence-electron chi connectivity index (χ3n) is 3.89. The van der Waals surface area contributed by atoms with Crippen LogP contribution in [0.1, 0.15) is 64.4 Å². The van der Waals surface area contributed by atoms with Crippen molar-refractivity contribution in [3.05, 3.63) is 59.7 Å². The molecule has 0 saturated carbocycles. The summed E-state index contributed by atoms with van der Waals surface area (Å²) in [4.78, 5) is 32.3. The largest absolute Gasteiger partial charge is 0.400 e. The van der Waals surface area contributed by atoms with Crippen LogP contribution in [-0.2, 0) is 9.59 Å². The predicted octanol–water partition coefficient (Wildman–Crippen LogP) is 5.48. The van der Waals surface area contributed by atoms with Crippen LogP contribution in [0.2, 0.25) is 0 Å². The molecule has 0 spiro atoms. The molecule has 1 amide bonds.